The molecule has 4 nitrogen and oxygen atoms in total. The Labute approximate surface area is 108 Å². The average molecular weight is 261 g/mol. The Kier molecular flexibility index (Phi) is 8.94. The minimum atomic E-state index is -0.847. The first kappa shape index (κ1) is 16.3. The van der Waals surface area contributed by atoms with Crippen LogP contribution in [-0.2, 0) is 9.59 Å². The molecule has 0 aliphatic heterocycles. The Morgan fingerprint density at radius 3 is 2.41 bits per heavy atom. The van der Waals surface area contributed by atoms with Gasteiger partial charge in [0.05, 0.1) is 0 Å². The molecule has 5 heteroatoms. The Balaban J connectivity index is 3.90. The van der Waals surface area contributed by atoms with Crippen molar-refractivity contribution < 1.29 is 14.7 Å². The summed E-state index contributed by atoms with van der Waals surface area (Å²) in [4.78, 5) is 21.9. The number of carbonyl (C=O) groups is 2. The van der Waals surface area contributed by atoms with Crippen LogP contribution in [0.3, 0.4) is 0 Å². The summed E-state index contributed by atoms with van der Waals surface area (Å²) in [6, 6.07) is 0.197. The van der Waals surface area contributed by atoms with E-state index in [4.69, 9.17) is 5.11 Å². The van der Waals surface area contributed by atoms with Crippen molar-refractivity contribution in [1.82, 2.24) is 5.32 Å². The summed E-state index contributed by atoms with van der Waals surface area (Å²) in [6.07, 6.45) is 3.75. The largest absolute Gasteiger partial charge is 0.481 e. The van der Waals surface area contributed by atoms with Crippen LogP contribution in [0.5, 0.6) is 0 Å². The summed E-state index contributed by atoms with van der Waals surface area (Å²) in [5, 5.41) is 11.4. The molecule has 0 saturated heterocycles. The smallest absolute Gasteiger partial charge is 0.303 e. The third-order valence-electron chi connectivity index (χ3n) is 2.28. The molecule has 0 aromatic rings. The first-order valence-corrected chi connectivity index (χ1v) is 7.35. The summed E-state index contributed by atoms with van der Waals surface area (Å²) >= 11 is 1.71. The molecule has 0 bridgehead atoms. The van der Waals surface area contributed by atoms with E-state index >= 15 is 0 Å². The molecule has 0 radical (unpaired) electrons. The minimum absolute atomic E-state index is 0.0362. The van der Waals surface area contributed by atoms with Gasteiger partial charge in [-0.1, -0.05) is 13.8 Å². The fraction of sp³-hybridized carbons (Fsp3) is 0.833. The Morgan fingerprint density at radius 1 is 1.29 bits per heavy atom. The second kappa shape index (κ2) is 9.33. The molecule has 0 saturated carbocycles. The molecule has 0 aliphatic rings. The van der Waals surface area contributed by atoms with Gasteiger partial charge >= 0.3 is 5.97 Å². The van der Waals surface area contributed by atoms with E-state index in [9.17, 15) is 9.59 Å². The molecular weight excluding hydrogens is 238 g/mol. The lowest BCUT2D eigenvalue weighted by Gasteiger charge is -2.19. The molecule has 0 rings (SSSR count). The highest BCUT2D eigenvalue weighted by atomic mass is 32.2. The van der Waals surface area contributed by atoms with Crippen molar-refractivity contribution in [1.29, 1.82) is 0 Å². The number of carbonyl (C=O) groups excluding carboxylic acids is 1. The lowest BCUT2D eigenvalue weighted by atomic mass is 10.0. The van der Waals surface area contributed by atoms with Gasteiger partial charge in [-0.25, -0.2) is 0 Å². The highest BCUT2D eigenvalue weighted by Gasteiger charge is 2.13. The minimum Gasteiger partial charge on any atom is -0.481 e. The topological polar surface area (TPSA) is 66.4 Å². The van der Waals surface area contributed by atoms with Crippen LogP contribution in [0.2, 0.25) is 0 Å². The first-order chi connectivity index (χ1) is 7.95. The number of hydrogen-bond acceptors (Lipinski definition) is 3. The van der Waals surface area contributed by atoms with Crippen molar-refractivity contribution in [3.63, 3.8) is 0 Å². The van der Waals surface area contributed by atoms with Crippen molar-refractivity contribution in [3.8, 4) is 0 Å². The molecule has 0 heterocycles. The molecule has 0 aromatic carbocycles. The molecule has 0 aromatic heterocycles. The van der Waals surface area contributed by atoms with Crippen LogP contribution < -0.4 is 5.32 Å². The summed E-state index contributed by atoms with van der Waals surface area (Å²) in [6.45, 7) is 4.26. The van der Waals surface area contributed by atoms with Crippen LogP contribution in [0, 0.1) is 5.92 Å². The van der Waals surface area contributed by atoms with E-state index in [1.54, 1.807) is 11.8 Å². The van der Waals surface area contributed by atoms with Gasteiger partial charge in [0.25, 0.3) is 0 Å². The lowest BCUT2D eigenvalue weighted by Crippen LogP contribution is -2.37. The van der Waals surface area contributed by atoms with E-state index in [1.807, 2.05) is 6.26 Å². The Hall–Kier alpha value is -0.710. The first-order valence-electron chi connectivity index (χ1n) is 5.95. The van der Waals surface area contributed by atoms with Crippen molar-refractivity contribution in [2.45, 2.75) is 45.6 Å². The normalized spacial score (nSPS) is 12.5. The van der Waals surface area contributed by atoms with Gasteiger partial charge in [0.2, 0.25) is 5.91 Å². The predicted octanol–water partition coefficient (Wildman–Crippen LogP) is 2.14. The van der Waals surface area contributed by atoms with Gasteiger partial charge in [-0.15, -0.1) is 0 Å². The van der Waals surface area contributed by atoms with Crippen LogP contribution in [0.4, 0.5) is 0 Å². The van der Waals surface area contributed by atoms with E-state index < -0.39 is 5.97 Å². The number of amides is 1. The molecular formula is C12H23NO3S. The van der Waals surface area contributed by atoms with Crippen LogP contribution in [0.25, 0.3) is 0 Å². The molecule has 17 heavy (non-hydrogen) atoms. The van der Waals surface area contributed by atoms with Gasteiger partial charge in [-0.3, -0.25) is 9.59 Å². The van der Waals surface area contributed by atoms with Crippen LogP contribution in [0.15, 0.2) is 0 Å². The van der Waals surface area contributed by atoms with Gasteiger partial charge in [0.1, 0.15) is 0 Å². The maximum Gasteiger partial charge on any atom is 0.303 e. The Morgan fingerprint density at radius 2 is 1.94 bits per heavy atom. The fourth-order valence-electron chi connectivity index (χ4n) is 1.64. The van der Waals surface area contributed by atoms with Gasteiger partial charge in [-0.05, 0) is 25.0 Å². The van der Waals surface area contributed by atoms with Gasteiger partial charge in [-0.2, -0.15) is 11.8 Å². The molecule has 0 aliphatic carbocycles. The quantitative estimate of drug-likeness (QED) is 0.667. The van der Waals surface area contributed by atoms with Crippen LogP contribution in [-0.4, -0.2) is 35.0 Å². The van der Waals surface area contributed by atoms with E-state index in [1.165, 1.54) is 0 Å². The zero-order chi connectivity index (χ0) is 13.3. The third-order valence-corrected chi connectivity index (χ3v) is 3.02. The van der Waals surface area contributed by atoms with Crippen LogP contribution in [0.1, 0.15) is 39.5 Å². The van der Waals surface area contributed by atoms with Gasteiger partial charge in [0, 0.05) is 24.6 Å². The Bertz CT molecular complexity index is 244. The van der Waals surface area contributed by atoms with Gasteiger partial charge in [0.15, 0.2) is 0 Å². The number of aliphatic carboxylic acids is 1. The third kappa shape index (κ3) is 10.2. The number of hydrogen-bond donors (Lipinski definition) is 2. The highest BCUT2D eigenvalue weighted by molar-refractivity contribution is 7.98. The fourth-order valence-corrected chi connectivity index (χ4v) is 2.26. The van der Waals surface area contributed by atoms with E-state index in [0.717, 1.165) is 12.2 Å². The molecule has 1 unspecified atom stereocenters. The average Bonchev–Trinajstić information content (AvgIpc) is 2.15. The maximum atomic E-state index is 11.6. The second-order valence-corrected chi connectivity index (χ2v) is 5.51. The molecule has 0 spiro atoms. The van der Waals surface area contributed by atoms with Crippen LogP contribution >= 0.6 is 11.8 Å². The summed E-state index contributed by atoms with van der Waals surface area (Å²) in [5.41, 5.74) is 0. The zero-order valence-corrected chi connectivity index (χ0v) is 11.7. The van der Waals surface area contributed by atoms with Crippen molar-refractivity contribution >= 4 is 23.6 Å². The SMILES string of the molecule is CSCC(CC(C)C)NC(=O)CCCC(=O)O. The second-order valence-electron chi connectivity index (χ2n) is 4.60. The molecule has 1 atom stereocenters. The monoisotopic (exact) mass is 261 g/mol. The number of nitrogens with one attached hydrogen (secondary N) is 1. The lowest BCUT2D eigenvalue weighted by molar-refractivity contribution is -0.137. The molecule has 1 amide bonds. The molecule has 100 valence electrons. The molecule has 0 fully saturated rings. The van der Waals surface area contributed by atoms with Crippen molar-refractivity contribution in [3.05, 3.63) is 0 Å². The zero-order valence-electron chi connectivity index (χ0n) is 10.9. The van der Waals surface area contributed by atoms with Gasteiger partial charge < -0.3 is 10.4 Å². The van der Waals surface area contributed by atoms with Crippen molar-refractivity contribution in [2.75, 3.05) is 12.0 Å². The maximum absolute atomic E-state index is 11.6. The standard InChI is InChI=1S/C12H23NO3S/c1-9(2)7-10(8-17-3)13-11(14)5-4-6-12(15)16/h9-10H,4-8H2,1-3H3,(H,13,14)(H,15,16). The number of rotatable bonds is 9. The number of carboxylic acids is 1. The summed E-state index contributed by atoms with van der Waals surface area (Å²) < 4.78 is 0. The number of carboxylic acid groups (broad SMARTS) is 1. The van der Waals surface area contributed by atoms with E-state index in [0.29, 0.717) is 18.8 Å². The summed E-state index contributed by atoms with van der Waals surface area (Å²) in [5.74, 6) is 0.570. The summed E-state index contributed by atoms with van der Waals surface area (Å²) in [7, 11) is 0. The van der Waals surface area contributed by atoms with Crippen molar-refractivity contribution in [2.24, 2.45) is 5.92 Å². The molecule has 2 N–H and O–H groups in total. The predicted molar refractivity (Wildman–Crippen MR) is 71.3 cm³/mol. The highest BCUT2D eigenvalue weighted by Crippen LogP contribution is 2.09. The number of thioether (sulfide) groups is 1. The van der Waals surface area contributed by atoms with E-state index in [-0.39, 0.29) is 18.4 Å². The van der Waals surface area contributed by atoms with E-state index in [2.05, 4.69) is 19.2 Å².